The molecule has 6 heteroatoms. The molecule has 1 aliphatic heterocycles. The van der Waals surface area contributed by atoms with Crippen LogP contribution in [0, 0.1) is 0 Å². The van der Waals surface area contributed by atoms with E-state index in [1.165, 1.54) is 5.56 Å². The molecule has 1 aromatic heterocycles. The van der Waals surface area contributed by atoms with Gasteiger partial charge in [0.1, 0.15) is 11.9 Å². The SMILES string of the molecule is CCNC(=NCC(O)c1ccco1)NC1CCN(Cc2ccccc2)C(C)C1. The highest BCUT2D eigenvalue weighted by Gasteiger charge is 2.26. The number of likely N-dealkylation sites (tertiary alicyclic amines) is 1. The number of nitrogens with one attached hydrogen (secondary N) is 2. The van der Waals surface area contributed by atoms with Crippen LogP contribution in [0.2, 0.25) is 0 Å². The van der Waals surface area contributed by atoms with Crippen LogP contribution in [0.15, 0.2) is 58.1 Å². The zero-order chi connectivity index (χ0) is 19.8. The van der Waals surface area contributed by atoms with Crippen molar-refractivity contribution in [2.24, 2.45) is 4.99 Å². The number of rotatable bonds is 7. The van der Waals surface area contributed by atoms with E-state index in [1.807, 2.05) is 6.92 Å². The molecule has 0 aliphatic carbocycles. The predicted octanol–water partition coefficient (Wildman–Crippen LogP) is 2.92. The Kier molecular flexibility index (Phi) is 7.51. The van der Waals surface area contributed by atoms with E-state index in [-0.39, 0.29) is 6.54 Å². The fourth-order valence-corrected chi connectivity index (χ4v) is 3.67. The van der Waals surface area contributed by atoms with Gasteiger partial charge >= 0.3 is 0 Å². The second-order valence-corrected chi connectivity index (χ2v) is 7.42. The number of piperidine rings is 1. The molecule has 6 nitrogen and oxygen atoms in total. The van der Waals surface area contributed by atoms with Gasteiger partial charge in [-0.15, -0.1) is 0 Å². The largest absolute Gasteiger partial charge is 0.467 e. The first-order chi connectivity index (χ1) is 13.7. The van der Waals surface area contributed by atoms with E-state index >= 15 is 0 Å². The highest BCUT2D eigenvalue weighted by molar-refractivity contribution is 5.80. The minimum absolute atomic E-state index is 0.269. The maximum atomic E-state index is 10.2. The second-order valence-electron chi connectivity index (χ2n) is 7.42. The Labute approximate surface area is 167 Å². The Morgan fingerprint density at radius 1 is 1.29 bits per heavy atom. The fourth-order valence-electron chi connectivity index (χ4n) is 3.67. The van der Waals surface area contributed by atoms with Crippen molar-refractivity contribution in [3.8, 4) is 0 Å². The van der Waals surface area contributed by atoms with Crippen LogP contribution in [-0.2, 0) is 6.54 Å². The van der Waals surface area contributed by atoms with E-state index in [2.05, 4.69) is 57.8 Å². The van der Waals surface area contributed by atoms with E-state index in [0.29, 0.717) is 17.8 Å². The summed E-state index contributed by atoms with van der Waals surface area (Å²) >= 11 is 0. The van der Waals surface area contributed by atoms with E-state index in [9.17, 15) is 5.11 Å². The van der Waals surface area contributed by atoms with Gasteiger partial charge in [0.2, 0.25) is 0 Å². The molecule has 1 fully saturated rings. The average molecular weight is 385 g/mol. The lowest BCUT2D eigenvalue weighted by molar-refractivity contribution is 0.134. The van der Waals surface area contributed by atoms with Gasteiger partial charge in [0.15, 0.2) is 5.96 Å². The van der Waals surface area contributed by atoms with Crippen molar-refractivity contribution >= 4 is 5.96 Å². The molecule has 2 aromatic rings. The third-order valence-corrected chi connectivity index (χ3v) is 5.22. The van der Waals surface area contributed by atoms with Crippen molar-refractivity contribution in [3.63, 3.8) is 0 Å². The molecule has 1 saturated heterocycles. The van der Waals surface area contributed by atoms with Gasteiger partial charge in [-0.05, 0) is 44.4 Å². The molecule has 0 spiro atoms. The summed E-state index contributed by atoms with van der Waals surface area (Å²) in [6, 6.07) is 15.1. The summed E-state index contributed by atoms with van der Waals surface area (Å²) < 4.78 is 5.25. The number of hydrogen-bond acceptors (Lipinski definition) is 4. The Balaban J connectivity index is 1.52. The molecule has 3 rings (SSSR count). The molecule has 3 N–H and O–H groups in total. The number of furan rings is 1. The van der Waals surface area contributed by atoms with Crippen LogP contribution in [-0.4, -0.2) is 47.7 Å². The Morgan fingerprint density at radius 3 is 2.79 bits per heavy atom. The predicted molar refractivity (Wildman–Crippen MR) is 112 cm³/mol. The van der Waals surface area contributed by atoms with E-state index in [0.717, 1.165) is 38.4 Å². The number of aliphatic hydroxyl groups is 1. The lowest BCUT2D eigenvalue weighted by atomic mass is 9.97. The molecule has 1 aromatic carbocycles. The zero-order valence-corrected chi connectivity index (χ0v) is 16.8. The molecule has 1 aliphatic rings. The monoisotopic (exact) mass is 384 g/mol. The highest BCUT2D eigenvalue weighted by Crippen LogP contribution is 2.20. The molecule has 0 amide bonds. The quantitative estimate of drug-likeness (QED) is 0.506. The molecule has 0 saturated carbocycles. The van der Waals surface area contributed by atoms with Crippen molar-refractivity contribution in [3.05, 3.63) is 60.1 Å². The maximum absolute atomic E-state index is 10.2. The Morgan fingerprint density at radius 2 is 2.11 bits per heavy atom. The van der Waals surface area contributed by atoms with E-state index in [4.69, 9.17) is 4.42 Å². The van der Waals surface area contributed by atoms with Crippen LogP contribution >= 0.6 is 0 Å². The molecular weight excluding hydrogens is 352 g/mol. The summed E-state index contributed by atoms with van der Waals surface area (Å²) in [6.07, 6.45) is 2.98. The van der Waals surface area contributed by atoms with Gasteiger partial charge in [0.05, 0.1) is 12.8 Å². The van der Waals surface area contributed by atoms with Crippen LogP contribution in [0.4, 0.5) is 0 Å². The summed E-state index contributed by atoms with van der Waals surface area (Å²) in [5.74, 6) is 1.30. The van der Waals surface area contributed by atoms with Gasteiger partial charge in [0, 0.05) is 31.7 Å². The number of guanidine groups is 1. The standard InChI is InChI=1S/C22H32N4O2/c1-3-23-22(24-15-20(27)21-10-7-13-28-21)25-19-11-12-26(17(2)14-19)16-18-8-5-4-6-9-18/h4-10,13,17,19-20,27H,3,11-12,14-16H2,1-2H3,(H2,23,24,25). The van der Waals surface area contributed by atoms with Gasteiger partial charge in [0.25, 0.3) is 0 Å². The Hall–Kier alpha value is -2.31. The minimum atomic E-state index is -0.725. The van der Waals surface area contributed by atoms with Crippen molar-refractivity contribution in [2.75, 3.05) is 19.6 Å². The smallest absolute Gasteiger partial charge is 0.191 e. The summed E-state index contributed by atoms with van der Waals surface area (Å²) in [4.78, 5) is 7.09. The number of nitrogens with zero attached hydrogens (tertiary/aromatic N) is 2. The fraction of sp³-hybridized carbons (Fsp3) is 0.500. The number of benzene rings is 1. The Bertz CT molecular complexity index is 717. The van der Waals surface area contributed by atoms with Crippen molar-refractivity contribution in [1.82, 2.24) is 15.5 Å². The van der Waals surface area contributed by atoms with Gasteiger partial charge < -0.3 is 20.2 Å². The van der Waals surface area contributed by atoms with Crippen molar-refractivity contribution < 1.29 is 9.52 Å². The number of hydrogen-bond donors (Lipinski definition) is 3. The van der Waals surface area contributed by atoms with Gasteiger partial charge in [-0.25, -0.2) is 0 Å². The molecule has 2 heterocycles. The van der Waals surface area contributed by atoms with Gasteiger partial charge in [-0.3, -0.25) is 9.89 Å². The molecular formula is C22H32N4O2. The normalized spacial score (nSPS) is 22.0. The molecule has 28 heavy (non-hydrogen) atoms. The average Bonchev–Trinajstić information content (AvgIpc) is 3.24. The summed E-state index contributed by atoms with van der Waals surface area (Å²) in [5, 5.41) is 17.0. The van der Waals surface area contributed by atoms with Crippen molar-refractivity contribution in [2.45, 2.75) is 51.4 Å². The second kappa shape index (κ2) is 10.3. The maximum Gasteiger partial charge on any atom is 0.191 e. The van der Waals surface area contributed by atoms with Crippen LogP contribution in [0.3, 0.4) is 0 Å². The third-order valence-electron chi connectivity index (χ3n) is 5.22. The first kappa shape index (κ1) is 20.4. The zero-order valence-electron chi connectivity index (χ0n) is 16.8. The lowest BCUT2D eigenvalue weighted by Gasteiger charge is -2.38. The topological polar surface area (TPSA) is 73.0 Å². The van der Waals surface area contributed by atoms with Crippen molar-refractivity contribution in [1.29, 1.82) is 0 Å². The van der Waals surface area contributed by atoms with Gasteiger partial charge in [-0.1, -0.05) is 30.3 Å². The molecule has 0 radical (unpaired) electrons. The highest BCUT2D eigenvalue weighted by atomic mass is 16.4. The first-order valence-corrected chi connectivity index (χ1v) is 10.2. The van der Waals surface area contributed by atoms with Crippen LogP contribution in [0.25, 0.3) is 0 Å². The summed E-state index contributed by atoms with van der Waals surface area (Å²) in [6.45, 7) is 7.45. The minimum Gasteiger partial charge on any atom is -0.467 e. The number of aliphatic imine (C=N–C) groups is 1. The lowest BCUT2D eigenvalue weighted by Crippen LogP contribution is -2.51. The number of aliphatic hydroxyl groups excluding tert-OH is 1. The van der Waals surface area contributed by atoms with Crippen LogP contribution in [0.1, 0.15) is 44.1 Å². The van der Waals surface area contributed by atoms with Gasteiger partial charge in [-0.2, -0.15) is 0 Å². The molecule has 3 unspecified atom stereocenters. The first-order valence-electron chi connectivity index (χ1n) is 10.2. The molecule has 152 valence electrons. The molecule has 0 bridgehead atoms. The summed E-state index contributed by atoms with van der Waals surface area (Å²) in [7, 11) is 0. The summed E-state index contributed by atoms with van der Waals surface area (Å²) in [5.41, 5.74) is 1.36. The van der Waals surface area contributed by atoms with Crippen LogP contribution in [0.5, 0.6) is 0 Å². The van der Waals surface area contributed by atoms with Crippen LogP contribution < -0.4 is 10.6 Å². The van der Waals surface area contributed by atoms with E-state index < -0.39 is 6.10 Å². The molecule has 3 atom stereocenters. The third kappa shape index (κ3) is 5.84. The van der Waals surface area contributed by atoms with E-state index in [1.54, 1.807) is 18.4 Å².